The van der Waals surface area contributed by atoms with Crippen molar-refractivity contribution in [2.45, 2.75) is 32.7 Å². The number of rotatable bonds is 5. The van der Waals surface area contributed by atoms with Crippen LogP contribution < -0.4 is 10.2 Å². The largest absolute Gasteiger partial charge is 0.378 e. The predicted octanol–water partition coefficient (Wildman–Crippen LogP) is 3.12. The minimum atomic E-state index is -0.283. The minimum Gasteiger partial charge on any atom is -0.378 e. The first-order valence-electron chi connectivity index (χ1n) is 10.1. The summed E-state index contributed by atoms with van der Waals surface area (Å²) in [5, 5.41) is 12.3. The molecule has 4 rings (SSSR count). The molecular formula is C23H26N4O2. The molecule has 1 saturated heterocycles. The van der Waals surface area contributed by atoms with Crippen molar-refractivity contribution in [1.29, 1.82) is 5.26 Å². The highest BCUT2D eigenvalue weighted by molar-refractivity contribution is 6.02. The highest BCUT2D eigenvalue weighted by atomic mass is 16.5. The zero-order valence-electron chi connectivity index (χ0n) is 16.9. The molecule has 6 nitrogen and oxygen atoms in total. The van der Waals surface area contributed by atoms with Crippen LogP contribution in [-0.2, 0) is 9.53 Å². The molecule has 1 N–H and O–H groups in total. The van der Waals surface area contributed by atoms with Crippen LogP contribution in [0.1, 0.15) is 29.8 Å². The van der Waals surface area contributed by atoms with Gasteiger partial charge in [0.1, 0.15) is 11.6 Å². The number of hydrogen-bond acceptors (Lipinski definition) is 4. The topological polar surface area (TPSA) is 70.3 Å². The van der Waals surface area contributed by atoms with Crippen molar-refractivity contribution in [2.24, 2.45) is 0 Å². The second-order valence-corrected chi connectivity index (χ2v) is 7.70. The summed E-state index contributed by atoms with van der Waals surface area (Å²) in [6, 6.07) is 12.8. The van der Waals surface area contributed by atoms with Gasteiger partial charge in [-0.05, 0) is 68.7 Å². The fourth-order valence-corrected chi connectivity index (χ4v) is 3.76. The van der Waals surface area contributed by atoms with E-state index in [0.717, 1.165) is 61.8 Å². The molecular weight excluding hydrogens is 364 g/mol. The van der Waals surface area contributed by atoms with Crippen LogP contribution in [0, 0.1) is 25.2 Å². The maximum atomic E-state index is 12.3. The number of hydrogen-bond donors (Lipinski definition) is 1. The van der Waals surface area contributed by atoms with Gasteiger partial charge in [0.2, 0.25) is 0 Å². The zero-order chi connectivity index (χ0) is 20.4. The number of amides is 1. The van der Waals surface area contributed by atoms with E-state index >= 15 is 0 Å². The maximum absolute atomic E-state index is 12.3. The first-order chi connectivity index (χ1) is 14.1. The molecule has 1 aliphatic carbocycles. The number of ether oxygens (including phenoxy) is 1. The van der Waals surface area contributed by atoms with Gasteiger partial charge in [0, 0.05) is 41.9 Å². The van der Waals surface area contributed by atoms with E-state index in [1.807, 2.05) is 26.0 Å². The van der Waals surface area contributed by atoms with E-state index < -0.39 is 0 Å². The number of aryl methyl sites for hydroxylation is 1. The smallest absolute Gasteiger partial charge is 0.262 e. The number of nitrogens with zero attached hydrogens (tertiary/aromatic N) is 3. The molecule has 0 spiro atoms. The molecule has 1 aromatic heterocycles. The Labute approximate surface area is 171 Å². The number of anilines is 1. The van der Waals surface area contributed by atoms with E-state index in [4.69, 9.17) is 4.74 Å². The summed E-state index contributed by atoms with van der Waals surface area (Å²) in [5.41, 5.74) is 5.38. The van der Waals surface area contributed by atoms with Crippen molar-refractivity contribution >= 4 is 17.7 Å². The molecule has 6 heteroatoms. The van der Waals surface area contributed by atoms with E-state index in [0.29, 0.717) is 0 Å². The van der Waals surface area contributed by atoms with Gasteiger partial charge in [-0.25, -0.2) is 0 Å². The monoisotopic (exact) mass is 390 g/mol. The number of morpholine rings is 1. The van der Waals surface area contributed by atoms with Crippen molar-refractivity contribution in [1.82, 2.24) is 9.88 Å². The Hall–Kier alpha value is -3.04. The van der Waals surface area contributed by atoms with E-state index in [9.17, 15) is 10.1 Å². The minimum absolute atomic E-state index is 0.153. The highest BCUT2D eigenvalue weighted by Gasteiger charge is 2.25. The van der Waals surface area contributed by atoms with Crippen molar-refractivity contribution in [3.05, 3.63) is 52.9 Å². The molecule has 0 unspecified atom stereocenters. The Morgan fingerprint density at radius 3 is 2.45 bits per heavy atom. The normalized spacial score (nSPS) is 17.1. The van der Waals surface area contributed by atoms with Crippen molar-refractivity contribution in [3.8, 4) is 11.8 Å². The van der Waals surface area contributed by atoms with Gasteiger partial charge in [-0.1, -0.05) is 0 Å². The van der Waals surface area contributed by atoms with E-state index in [1.165, 1.54) is 5.69 Å². The molecule has 2 aromatic rings. The molecule has 0 atom stereocenters. The van der Waals surface area contributed by atoms with Crippen LogP contribution in [0.25, 0.3) is 11.8 Å². The summed E-state index contributed by atoms with van der Waals surface area (Å²) < 4.78 is 7.58. The third kappa shape index (κ3) is 4.20. The van der Waals surface area contributed by atoms with Crippen LogP contribution >= 0.6 is 0 Å². The van der Waals surface area contributed by atoms with Crippen LogP contribution in [0.3, 0.4) is 0 Å². The number of carbonyl (C=O) groups excluding carboxylic acids is 1. The summed E-state index contributed by atoms with van der Waals surface area (Å²) in [6.45, 7) is 7.41. The molecule has 0 radical (unpaired) electrons. The maximum Gasteiger partial charge on any atom is 0.262 e. The van der Waals surface area contributed by atoms with Crippen LogP contribution in [0.5, 0.6) is 0 Å². The lowest BCUT2D eigenvalue weighted by Crippen LogP contribution is -2.36. The zero-order valence-corrected chi connectivity index (χ0v) is 16.9. The van der Waals surface area contributed by atoms with E-state index in [1.54, 1.807) is 6.08 Å². The summed E-state index contributed by atoms with van der Waals surface area (Å²) in [4.78, 5) is 14.6. The Kier molecular flexibility index (Phi) is 5.41. The second kappa shape index (κ2) is 8.14. The third-order valence-electron chi connectivity index (χ3n) is 5.53. The Balaban J connectivity index is 1.59. The molecule has 1 aliphatic heterocycles. The average molecular weight is 390 g/mol. The SMILES string of the molecule is Cc1cc(/C=C(\C#N)C(=O)NC2CC2)c(C)n1-c1ccc(N2CCOCC2)cc1. The summed E-state index contributed by atoms with van der Waals surface area (Å²) in [5.74, 6) is -0.283. The summed E-state index contributed by atoms with van der Waals surface area (Å²) in [7, 11) is 0. The lowest BCUT2D eigenvalue weighted by atomic mass is 10.1. The van der Waals surface area contributed by atoms with E-state index in [-0.39, 0.29) is 17.5 Å². The number of aromatic nitrogens is 1. The second-order valence-electron chi connectivity index (χ2n) is 7.70. The Morgan fingerprint density at radius 2 is 1.83 bits per heavy atom. The van der Waals surface area contributed by atoms with Crippen LogP contribution in [0.2, 0.25) is 0 Å². The van der Waals surface area contributed by atoms with Gasteiger partial charge >= 0.3 is 0 Å². The molecule has 2 aliphatic rings. The molecule has 2 heterocycles. The molecule has 1 saturated carbocycles. The molecule has 1 amide bonds. The predicted molar refractivity (Wildman–Crippen MR) is 113 cm³/mol. The first-order valence-corrected chi connectivity index (χ1v) is 10.1. The van der Waals surface area contributed by atoms with Gasteiger partial charge in [0.05, 0.1) is 13.2 Å². The Bertz CT molecular complexity index is 972. The lowest BCUT2D eigenvalue weighted by Gasteiger charge is -2.29. The van der Waals surface area contributed by atoms with Crippen molar-refractivity contribution < 1.29 is 9.53 Å². The van der Waals surface area contributed by atoms with Crippen LogP contribution in [-0.4, -0.2) is 42.8 Å². The lowest BCUT2D eigenvalue weighted by molar-refractivity contribution is -0.117. The van der Waals surface area contributed by atoms with Crippen LogP contribution in [0.15, 0.2) is 35.9 Å². The standard InChI is InChI=1S/C23H26N4O2/c1-16-13-18(14-19(15-24)23(28)25-20-3-4-20)17(2)27(16)22-7-5-21(6-8-22)26-9-11-29-12-10-26/h5-8,13-14,20H,3-4,9-12H2,1-2H3,(H,25,28)/b19-14+. The fourth-order valence-electron chi connectivity index (χ4n) is 3.76. The van der Waals surface area contributed by atoms with Gasteiger partial charge < -0.3 is 19.5 Å². The van der Waals surface area contributed by atoms with Crippen molar-refractivity contribution in [3.63, 3.8) is 0 Å². The molecule has 29 heavy (non-hydrogen) atoms. The number of benzene rings is 1. The molecule has 150 valence electrons. The van der Waals surface area contributed by atoms with Gasteiger partial charge in [-0.3, -0.25) is 4.79 Å². The summed E-state index contributed by atoms with van der Waals surface area (Å²) >= 11 is 0. The average Bonchev–Trinajstić information content (AvgIpc) is 3.51. The molecule has 0 bridgehead atoms. The van der Waals surface area contributed by atoms with Crippen LogP contribution in [0.4, 0.5) is 5.69 Å². The number of nitrogens with one attached hydrogen (secondary N) is 1. The molecule has 2 fully saturated rings. The first kappa shape index (κ1) is 19.3. The van der Waals surface area contributed by atoms with E-state index in [2.05, 4.69) is 39.0 Å². The van der Waals surface area contributed by atoms with Gasteiger partial charge in [0.15, 0.2) is 0 Å². The van der Waals surface area contributed by atoms with Gasteiger partial charge in [-0.15, -0.1) is 0 Å². The number of nitriles is 1. The summed E-state index contributed by atoms with van der Waals surface area (Å²) in [6.07, 6.45) is 3.69. The fraction of sp³-hybridized carbons (Fsp3) is 0.391. The van der Waals surface area contributed by atoms with Gasteiger partial charge in [-0.2, -0.15) is 5.26 Å². The quantitative estimate of drug-likeness (QED) is 0.629. The highest BCUT2D eigenvalue weighted by Crippen LogP contribution is 2.25. The molecule has 1 aromatic carbocycles. The number of carbonyl (C=O) groups is 1. The van der Waals surface area contributed by atoms with Gasteiger partial charge in [0.25, 0.3) is 5.91 Å². The van der Waals surface area contributed by atoms with Crippen molar-refractivity contribution in [2.75, 3.05) is 31.2 Å². The Morgan fingerprint density at radius 1 is 1.17 bits per heavy atom. The third-order valence-corrected chi connectivity index (χ3v) is 5.53.